The second-order valence-electron chi connectivity index (χ2n) is 5.16. The van der Waals surface area contributed by atoms with E-state index < -0.39 is 5.72 Å². The SMILES string of the molecule is CC(=O)C1(C)ON=C2c3ccccc3CCC2N1O. The molecule has 19 heavy (non-hydrogen) atoms. The molecule has 2 aliphatic rings. The molecule has 0 spiro atoms. The summed E-state index contributed by atoms with van der Waals surface area (Å²) in [4.78, 5) is 16.9. The van der Waals surface area contributed by atoms with Crippen LogP contribution in [-0.2, 0) is 16.1 Å². The summed E-state index contributed by atoms with van der Waals surface area (Å²) in [7, 11) is 0. The van der Waals surface area contributed by atoms with E-state index in [2.05, 4.69) is 11.2 Å². The van der Waals surface area contributed by atoms with Crippen LogP contribution in [0.5, 0.6) is 0 Å². The number of ketones is 1. The van der Waals surface area contributed by atoms with Crippen molar-refractivity contribution in [1.29, 1.82) is 0 Å². The van der Waals surface area contributed by atoms with Gasteiger partial charge < -0.3 is 10.0 Å². The Morgan fingerprint density at radius 1 is 1.53 bits per heavy atom. The maximum atomic E-state index is 11.7. The molecule has 0 bridgehead atoms. The van der Waals surface area contributed by atoms with Gasteiger partial charge in [0, 0.05) is 19.4 Å². The first-order chi connectivity index (χ1) is 9.04. The van der Waals surface area contributed by atoms with Crippen molar-refractivity contribution in [2.45, 2.75) is 38.5 Å². The highest BCUT2D eigenvalue weighted by molar-refractivity contribution is 6.07. The first-order valence-corrected chi connectivity index (χ1v) is 6.37. The molecule has 1 heterocycles. The van der Waals surface area contributed by atoms with Crippen molar-refractivity contribution < 1.29 is 14.8 Å². The third-order valence-electron chi connectivity index (χ3n) is 4.00. The van der Waals surface area contributed by atoms with Gasteiger partial charge in [-0.25, -0.2) is 0 Å². The van der Waals surface area contributed by atoms with Crippen molar-refractivity contribution in [1.82, 2.24) is 5.06 Å². The number of Topliss-reactive ketones (excluding diaryl/α,β-unsaturated/α-hetero) is 1. The summed E-state index contributed by atoms with van der Waals surface area (Å²) in [5.41, 5.74) is 1.49. The Kier molecular flexibility index (Phi) is 2.69. The standard InChI is InChI=1S/C14H16N2O3/c1-9(17)14(2)16(18)12-8-7-10-5-3-4-6-11(10)13(12)15-19-14/h3-6,12,18H,7-8H2,1-2H3. The number of aryl methyl sites for hydroxylation is 1. The van der Waals surface area contributed by atoms with Crippen molar-refractivity contribution in [3.05, 3.63) is 35.4 Å². The Labute approximate surface area is 111 Å². The van der Waals surface area contributed by atoms with Crippen LogP contribution in [0.4, 0.5) is 0 Å². The van der Waals surface area contributed by atoms with Gasteiger partial charge in [0.15, 0.2) is 5.78 Å². The number of hydrogen-bond donors (Lipinski definition) is 1. The van der Waals surface area contributed by atoms with E-state index in [0.717, 1.165) is 23.5 Å². The molecule has 1 aromatic rings. The minimum Gasteiger partial charge on any atom is -0.363 e. The van der Waals surface area contributed by atoms with E-state index >= 15 is 0 Å². The molecule has 100 valence electrons. The number of hydroxylamine groups is 2. The zero-order chi connectivity index (χ0) is 13.6. The van der Waals surface area contributed by atoms with Crippen molar-refractivity contribution in [2.75, 3.05) is 0 Å². The van der Waals surface area contributed by atoms with Gasteiger partial charge in [0.05, 0.1) is 6.04 Å². The van der Waals surface area contributed by atoms with Crippen LogP contribution in [0.25, 0.3) is 0 Å². The molecule has 0 aromatic heterocycles. The Morgan fingerprint density at radius 2 is 2.26 bits per heavy atom. The van der Waals surface area contributed by atoms with E-state index in [4.69, 9.17) is 4.84 Å². The predicted molar refractivity (Wildman–Crippen MR) is 68.9 cm³/mol. The Bertz CT molecular complexity index is 570. The number of rotatable bonds is 1. The third kappa shape index (κ3) is 1.69. The Balaban J connectivity index is 2.06. The molecule has 3 rings (SSSR count). The highest BCUT2D eigenvalue weighted by Gasteiger charge is 2.49. The van der Waals surface area contributed by atoms with Crippen molar-refractivity contribution in [3.8, 4) is 0 Å². The topological polar surface area (TPSA) is 62.1 Å². The number of oxime groups is 1. The quantitative estimate of drug-likeness (QED) is 0.835. The maximum absolute atomic E-state index is 11.7. The monoisotopic (exact) mass is 260 g/mol. The molecule has 5 nitrogen and oxygen atoms in total. The second-order valence-corrected chi connectivity index (χ2v) is 5.16. The molecular formula is C14H16N2O3. The first-order valence-electron chi connectivity index (χ1n) is 6.37. The van der Waals surface area contributed by atoms with E-state index in [-0.39, 0.29) is 11.8 Å². The summed E-state index contributed by atoms with van der Waals surface area (Å²) in [5.74, 6) is -0.267. The van der Waals surface area contributed by atoms with Crippen LogP contribution >= 0.6 is 0 Å². The smallest absolute Gasteiger partial charge is 0.268 e. The molecule has 0 saturated heterocycles. The van der Waals surface area contributed by atoms with E-state index in [1.165, 1.54) is 19.4 Å². The van der Waals surface area contributed by atoms with Crippen molar-refractivity contribution in [3.63, 3.8) is 0 Å². The minimum atomic E-state index is -1.39. The lowest BCUT2D eigenvalue weighted by Crippen LogP contribution is -2.61. The van der Waals surface area contributed by atoms with Gasteiger partial charge in [-0.05, 0) is 18.4 Å². The number of nitrogens with zero attached hydrogens (tertiary/aromatic N) is 2. The number of hydrogen-bond acceptors (Lipinski definition) is 5. The van der Waals surface area contributed by atoms with Crippen molar-refractivity contribution >= 4 is 11.5 Å². The van der Waals surface area contributed by atoms with Crippen molar-refractivity contribution in [2.24, 2.45) is 5.16 Å². The van der Waals surface area contributed by atoms with Crippen LogP contribution in [0.2, 0.25) is 0 Å². The average Bonchev–Trinajstić information content (AvgIpc) is 2.42. The van der Waals surface area contributed by atoms with Gasteiger partial charge in [-0.2, -0.15) is 0 Å². The molecular weight excluding hydrogens is 244 g/mol. The molecule has 1 aliphatic heterocycles. The average molecular weight is 260 g/mol. The number of carbonyl (C=O) groups is 1. The molecule has 0 amide bonds. The summed E-state index contributed by atoms with van der Waals surface area (Å²) in [6, 6.07) is 7.64. The zero-order valence-electron chi connectivity index (χ0n) is 11.0. The van der Waals surface area contributed by atoms with E-state index in [1.54, 1.807) is 0 Å². The molecule has 1 N–H and O–H groups in total. The molecule has 0 radical (unpaired) electrons. The number of benzene rings is 1. The highest BCUT2D eigenvalue weighted by atomic mass is 16.7. The zero-order valence-corrected chi connectivity index (χ0v) is 11.0. The largest absolute Gasteiger partial charge is 0.363 e. The van der Waals surface area contributed by atoms with Gasteiger partial charge in [-0.3, -0.25) is 4.79 Å². The minimum absolute atomic E-state index is 0.267. The molecule has 5 heteroatoms. The summed E-state index contributed by atoms with van der Waals surface area (Å²) >= 11 is 0. The lowest BCUT2D eigenvalue weighted by Gasteiger charge is -2.43. The number of carbonyl (C=O) groups excluding carboxylic acids is 1. The number of fused-ring (bicyclic) bond motifs is 3. The molecule has 1 aromatic carbocycles. The fraction of sp³-hybridized carbons (Fsp3) is 0.429. The normalized spacial score (nSPS) is 29.8. The molecule has 2 atom stereocenters. The first kappa shape index (κ1) is 12.3. The fourth-order valence-corrected chi connectivity index (χ4v) is 2.65. The van der Waals surface area contributed by atoms with E-state index in [9.17, 15) is 10.0 Å². The van der Waals surface area contributed by atoms with E-state index in [1.807, 2.05) is 18.2 Å². The van der Waals surface area contributed by atoms with Gasteiger partial charge in [0.1, 0.15) is 5.71 Å². The molecule has 0 fully saturated rings. The van der Waals surface area contributed by atoms with Crippen LogP contribution < -0.4 is 0 Å². The summed E-state index contributed by atoms with van der Waals surface area (Å²) < 4.78 is 0. The van der Waals surface area contributed by atoms with Gasteiger partial charge in [-0.15, -0.1) is 5.06 Å². The van der Waals surface area contributed by atoms with Crippen LogP contribution in [-0.4, -0.2) is 33.5 Å². The summed E-state index contributed by atoms with van der Waals surface area (Å²) in [6.45, 7) is 2.93. The second kappa shape index (κ2) is 4.15. The Hall–Kier alpha value is -1.72. The third-order valence-corrected chi connectivity index (χ3v) is 4.00. The van der Waals surface area contributed by atoms with Crippen LogP contribution in [0.15, 0.2) is 29.4 Å². The fourth-order valence-electron chi connectivity index (χ4n) is 2.65. The summed E-state index contributed by atoms with van der Waals surface area (Å²) in [6.07, 6.45) is 1.57. The Morgan fingerprint density at radius 3 is 3.00 bits per heavy atom. The van der Waals surface area contributed by atoms with Gasteiger partial charge in [0.25, 0.3) is 5.72 Å². The lowest BCUT2D eigenvalue weighted by atomic mass is 9.85. The van der Waals surface area contributed by atoms with Gasteiger partial charge >= 0.3 is 0 Å². The predicted octanol–water partition coefficient (Wildman–Crippen LogP) is 1.73. The van der Waals surface area contributed by atoms with Crippen LogP contribution in [0, 0.1) is 0 Å². The highest BCUT2D eigenvalue weighted by Crippen LogP contribution is 2.33. The van der Waals surface area contributed by atoms with Gasteiger partial charge in [0.2, 0.25) is 0 Å². The molecule has 1 aliphatic carbocycles. The lowest BCUT2D eigenvalue weighted by molar-refractivity contribution is -0.280. The van der Waals surface area contributed by atoms with Gasteiger partial charge in [-0.1, -0.05) is 29.4 Å². The summed E-state index contributed by atoms with van der Waals surface area (Å²) in [5, 5.41) is 15.4. The van der Waals surface area contributed by atoms with E-state index in [0.29, 0.717) is 5.71 Å². The van der Waals surface area contributed by atoms with Crippen LogP contribution in [0.3, 0.4) is 0 Å². The van der Waals surface area contributed by atoms with Crippen LogP contribution in [0.1, 0.15) is 31.4 Å². The molecule has 0 saturated carbocycles. The maximum Gasteiger partial charge on any atom is 0.268 e. The molecule has 2 unspecified atom stereocenters.